The molecule has 0 bridgehead atoms. The standard InChI is InChI=1S/C17H30N4/c1-7-10-18-13-11-14(20-15(19-13)16(2,3)4)21-17(5,6)12-8-9-12/h11-12H,7-10H2,1-6H3,(H2,18,19,20,21). The second-order valence-electron chi connectivity index (χ2n) is 7.76. The Morgan fingerprint density at radius 1 is 1.10 bits per heavy atom. The molecule has 118 valence electrons. The molecule has 4 nitrogen and oxygen atoms in total. The van der Waals surface area contributed by atoms with Crippen LogP contribution in [0.15, 0.2) is 6.07 Å². The van der Waals surface area contributed by atoms with E-state index in [9.17, 15) is 0 Å². The summed E-state index contributed by atoms with van der Waals surface area (Å²) in [6.45, 7) is 14.1. The third-order valence-corrected chi connectivity index (χ3v) is 4.00. The average molecular weight is 290 g/mol. The van der Waals surface area contributed by atoms with Crippen molar-refractivity contribution in [3.8, 4) is 0 Å². The van der Waals surface area contributed by atoms with E-state index < -0.39 is 0 Å². The molecular weight excluding hydrogens is 260 g/mol. The molecule has 1 saturated carbocycles. The number of rotatable bonds is 6. The lowest BCUT2D eigenvalue weighted by atomic mass is 9.95. The third-order valence-electron chi connectivity index (χ3n) is 4.00. The van der Waals surface area contributed by atoms with Crippen LogP contribution in [0.2, 0.25) is 0 Å². The Bertz CT molecular complexity index is 484. The first-order valence-corrected chi connectivity index (χ1v) is 8.14. The number of nitrogens with zero attached hydrogens (tertiary/aromatic N) is 2. The maximum atomic E-state index is 4.75. The van der Waals surface area contributed by atoms with Crippen LogP contribution in [0.3, 0.4) is 0 Å². The van der Waals surface area contributed by atoms with Crippen LogP contribution in [0.25, 0.3) is 0 Å². The van der Waals surface area contributed by atoms with Crippen molar-refractivity contribution in [2.24, 2.45) is 5.92 Å². The van der Waals surface area contributed by atoms with Gasteiger partial charge in [0.15, 0.2) is 0 Å². The fraction of sp³-hybridized carbons (Fsp3) is 0.765. The van der Waals surface area contributed by atoms with Crippen LogP contribution in [0, 0.1) is 5.92 Å². The van der Waals surface area contributed by atoms with Gasteiger partial charge in [0.05, 0.1) is 0 Å². The molecule has 1 aromatic heterocycles. The Morgan fingerprint density at radius 2 is 1.71 bits per heavy atom. The van der Waals surface area contributed by atoms with Gasteiger partial charge in [-0.3, -0.25) is 0 Å². The normalized spacial score (nSPS) is 15.9. The second kappa shape index (κ2) is 5.82. The molecule has 21 heavy (non-hydrogen) atoms. The van der Waals surface area contributed by atoms with Crippen molar-refractivity contribution in [1.82, 2.24) is 9.97 Å². The zero-order chi connectivity index (χ0) is 15.7. The third kappa shape index (κ3) is 4.32. The highest BCUT2D eigenvalue weighted by Gasteiger charge is 2.38. The van der Waals surface area contributed by atoms with Crippen LogP contribution in [-0.4, -0.2) is 22.1 Å². The Morgan fingerprint density at radius 3 is 2.24 bits per heavy atom. The summed E-state index contributed by atoms with van der Waals surface area (Å²) in [5, 5.41) is 7.01. The minimum atomic E-state index is -0.0515. The van der Waals surface area contributed by atoms with Gasteiger partial charge >= 0.3 is 0 Å². The molecule has 0 radical (unpaired) electrons. The highest BCUT2D eigenvalue weighted by atomic mass is 15.1. The summed E-state index contributed by atoms with van der Waals surface area (Å²) in [6, 6.07) is 2.04. The van der Waals surface area contributed by atoms with E-state index in [-0.39, 0.29) is 11.0 Å². The first-order valence-electron chi connectivity index (χ1n) is 8.14. The quantitative estimate of drug-likeness (QED) is 0.824. The topological polar surface area (TPSA) is 49.8 Å². The highest BCUT2D eigenvalue weighted by molar-refractivity contribution is 5.49. The van der Waals surface area contributed by atoms with Gasteiger partial charge in [0.2, 0.25) is 0 Å². The van der Waals surface area contributed by atoms with Gasteiger partial charge in [-0.15, -0.1) is 0 Å². The molecule has 1 heterocycles. The van der Waals surface area contributed by atoms with Crippen molar-refractivity contribution >= 4 is 11.6 Å². The Hall–Kier alpha value is -1.32. The smallest absolute Gasteiger partial charge is 0.138 e. The summed E-state index contributed by atoms with van der Waals surface area (Å²) < 4.78 is 0. The number of nitrogens with one attached hydrogen (secondary N) is 2. The fourth-order valence-corrected chi connectivity index (χ4v) is 2.43. The van der Waals surface area contributed by atoms with Gasteiger partial charge in [0, 0.05) is 23.6 Å². The van der Waals surface area contributed by atoms with Crippen molar-refractivity contribution in [3.05, 3.63) is 11.9 Å². The summed E-state index contributed by atoms with van der Waals surface area (Å²) in [6.07, 6.45) is 3.72. The van der Waals surface area contributed by atoms with Crippen LogP contribution < -0.4 is 10.6 Å². The number of hydrogen-bond donors (Lipinski definition) is 2. The van der Waals surface area contributed by atoms with Crippen LogP contribution in [-0.2, 0) is 5.41 Å². The van der Waals surface area contributed by atoms with Crippen LogP contribution in [0.4, 0.5) is 11.6 Å². The molecule has 0 saturated heterocycles. The summed E-state index contributed by atoms with van der Waals surface area (Å²) in [4.78, 5) is 9.42. The van der Waals surface area contributed by atoms with Crippen molar-refractivity contribution in [3.63, 3.8) is 0 Å². The van der Waals surface area contributed by atoms with Gasteiger partial charge in [-0.25, -0.2) is 9.97 Å². The first-order chi connectivity index (χ1) is 9.72. The maximum Gasteiger partial charge on any atom is 0.138 e. The average Bonchev–Trinajstić information content (AvgIpc) is 3.19. The van der Waals surface area contributed by atoms with Crippen LogP contribution in [0.5, 0.6) is 0 Å². The molecule has 1 fully saturated rings. The Kier molecular flexibility index (Phi) is 4.45. The van der Waals surface area contributed by atoms with Gasteiger partial charge in [-0.2, -0.15) is 0 Å². The summed E-state index contributed by atoms with van der Waals surface area (Å²) in [5.41, 5.74) is 0.0512. The Labute approximate surface area is 129 Å². The lowest BCUT2D eigenvalue weighted by Gasteiger charge is -2.28. The van der Waals surface area contributed by atoms with Crippen molar-refractivity contribution < 1.29 is 0 Å². The molecule has 0 unspecified atom stereocenters. The summed E-state index contributed by atoms with van der Waals surface area (Å²) in [7, 11) is 0. The van der Waals surface area contributed by atoms with Crippen molar-refractivity contribution in [1.29, 1.82) is 0 Å². The molecule has 1 aliphatic rings. The monoisotopic (exact) mass is 290 g/mol. The fourth-order valence-electron chi connectivity index (χ4n) is 2.43. The molecule has 2 N–H and O–H groups in total. The lowest BCUT2D eigenvalue weighted by Crippen LogP contribution is -2.34. The molecule has 4 heteroatoms. The SMILES string of the molecule is CCCNc1cc(NC(C)(C)C2CC2)nc(C(C)(C)C)n1. The van der Waals surface area contributed by atoms with E-state index in [1.165, 1.54) is 12.8 Å². The molecule has 0 aliphatic heterocycles. The molecule has 0 aromatic carbocycles. The van der Waals surface area contributed by atoms with E-state index in [1.54, 1.807) is 0 Å². The minimum absolute atomic E-state index is 0.0515. The number of anilines is 2. The predicted octanol–water partition coefficient (Wildman–Crippen LogP) is 4.20. The molecule has 2 rings (SSSR count). The summed E-state index contributed by atoms with van der Waals surface area (Å²) >= 11 is 0. The number of aromatic nitrogens is 2. The zero-order valence-electron chi connectivity index (χ0n) is 14.4. The minimum Gasteiger partial charge on any atom is -0.370 e. The summed E-state index contributed by atoms with van der Waals surface area (Å²) in [5.74, 6) is 3.51. The second-order valence-corrected chi connectivity index (χ2v) is 7.76. The van der Waals surface area contributed by atoms with E-state index in [1.807, 2.05) is 6.07 Å². The molecular formula is C17H30N4. The molecule has 0 spiro atoms. The molecule has 0 atom stereocenters. The van der Waals surface area contributed by atoms with Gasteiger partial charge in [0.1, 0.15) is 17.5 Å². The van der Waals surface area contributed by atoms with Crippen molar-refractivity contribution in [2.45, 2.75) is 71.8 Å². The van der Waals surface area contributed by atoms with Crippen LogP contribution in [0.1, 0.15) is 66.6 Å². The number of hydrogen-bond acceptors (Lipinski definition) is 4. The zero-order valence-corrected chi connectivity index (χ0v) is 14.4. The van der Waals surface area contributed by atoms with Gasteiger partial charge in [0.25, 0.3) is 0 Å². The maximum absolute atomic E-state index is 4.75. The molecule has 1 aliphatic carbocycles. The largest absolute Gasteiger partial charge is 0.370 e. The Balaban J connectivity index is 2.26. The first kappa shape index (κ1) is 16.1. The predicted molar refractivity (Wildman–Crippen MR) is 89.9 cm³/mol. The van der Waals surface area contributed by atoms with E-state index in [0.717, 1.165) is 36.3 Å². The molecule has 1 aromatic rings. The van der Waals surface area contributed by atoms with Gasteiger partial charge < -0.3 is 10.6 Å². The van der Waals surface area contributed by atoms with E-state index in [4.69, 9.17) is 4.98 Å². The van der Waals surface area contributed by atoms with Gasteiger partial charge in [-0.1, -0.05) is 27.7 Å². The van der Waals surface area contributed by atoms with Crippen molar-refractivity contribution in [2.75, 3.05) is 17.2 Å². The van der Waals surface area contributed by atoms with Crippen LogP contribution >= 0.6 is 0 Å². The molecule has 0 amide bonds. The highest BCUT2D eigenvalue weighted by Crippen LogP contribution is 2.41. The van der Waals surface area contributed by atoms with E-state index in [0.29, 0.717) is 0 Å². The van der Waals surface area contributed by atoms with E-state index >= 15 is 0 Å². The van der Waals surface area contributed by atoms with E-state index in [2.05, 4.69) is 57.2 Å². The lowest BCUT2D eigenvalue weighted by molar-refractivity contribution is 0.489. The van der Waals surface area contributed by atoms with Gasteiger partial charge in [-0.05, 0) is 39.0 Å².